The Morgan fingerprint density at radius 1 is 1.36 bits per heavy atom. The number of hydrogen-bond donors (Lipinski definition) is 2. The zero-order valence-electron chi connectivity index (χ0n) is 15.8. The Kier molecular flexibility index (Phi) is 4.47. The fraction of sp³-hybridized carbons (Fsp3) is 0.550. The fourth-order valence-electron chi connectivity index (χ4n) is 4.35. The van der Waals surface area contributed by atoms with Gasteiger partial charge in [0.25, 0.3) is 5.91 Å². The zero-order chi connectivity index (χ0) is 19.1. The molecule has 2 fully saturated rings. The van der Waals surface area contributed by atoms with Gasteiger partial charge in [0.05, 0.1) is 11.5 Å². The molecule has 0 atom stereocenters. The first kappa shape index (κ1) is 17.9. The summed E-state index contributed by atoms with van der Waals surface area (Å²) >= 11 is 1.62. The van der Waals surface area contributed by atoms with Gasteiger partial charge >= 0.3 is 0 Å². The van der Waals surface area contributed by atoms with Crippen LogP contribution in [0.2, 0.25) is 0 Å². The lowest BCUT2D eigenvalue weighted by Crippen LogP contribution is -2.46. The second-order valence-corrected chi connectivity index (χ2v) is 8.97. The number of nitrogens with zero attached hydrogens (tertiary/aromatic N) is 3. The van der Waals surface area contributed by atoms with Crippen molar-refractivity contribution in [3.05, 3.63) is 33.6 Å². The maximum absolute atomic E-state index is 12.6. The highest BCUT2D eigenvalue weighted by Gasteiger charge is 2.43. The molecule has 1 spiro atoms. The topological polar surface area (TPSA) is 93.4 Å². The van der Waals surface area contributed by atoms with Crippen LogP contribution in [0.4, 0.5) is 11.8 Å². The number of anilines is 2. The van der Waals surface area contributed by atoms with Crippen molar-refractivity contribution in [3.8, 4) is 0 Å². The average Bonchev–Trinajstić information content (AvgIpc) is 3.11. The van der Waals surface area contributed by atoms with Crippen LogP contribution in [0.1, 0.15) is 52.2 Å². The first-order chi connectivity index (χ1) is 13.6. The molecule has 1 saturated carbocycles. The van der Waals surface area contributed by atoms with Crippen molar-refractivity contribution in [3.63, 3.8) is 0 Å². The van der Waals surface area contributed by atoms with Gasteiger partial charge in [0.15, 0.2) is 0 Å². The van der Waals surface area contributed by atoms with Gasteiger partial charge in [0, 0.05) is 30.2 Å². The minimum absolute atomic E-state index is 0.0770. The third kappa shape index (κ3) is 3.14. The van der Waals surface area contributed by atoms with Crippen LogP contribution >= 0.6 is 11.3 Å². The van der Waals surface area contributed by atoms with E-state index >= 15 is 0 Å². The minimum atomic E-state index is -0.275. The van der Waals surface area contributed by atoms with Gasteiger partial charge in [-0.15, -0.1) is 11.3 Å². The molecule has 0 radical (unpaired) electrons. The lowest BCUT2D eigenvalue weighted by molar-refractivity contribution is -0.0735. The van der Waals surface area contributed by atoms with E-state index < -0.39 is 0 Å². The monoisotopic (exact) mass is 399 g/mol. The average molecular weight is 400 g/mol. The number of carbonyl (C=O) groups excluding carboxylic acids is 1. The normalized spacial score (nSPS) is 21.2. The van der Waals surface area contributed by atoms with Gasteiger partial charge in [-0.25, -0.2) is 4.98 Å². The Morgan fingerprint density at radius 3 is 2.89 bits per heavy atom. The number of hydrogen-bond acceptors (Lipinski definition) is 7. The molecular weight excluding hydrogens is 374 g/mol. The summed E-state index contributed by atoms with van der Waals surface area (Å²) in [5.74, 6) is 1.24. The van der Waals surface area contributed by atoms with Crippen molar-refractivity contribution >= 4 is 29.0 Å². The van der Waals surface area contributed by atoms with Crippen molar-refractivity contribution in [1.29, 1.82) is 0 Å². The number of nitrogens with one attached hydrogen (secondary N) is 1. The standard InChI is InChI=1S/C20H25N5O2S/c21-19-22-8-4-16(24-19)25-9-6-20(7-10-25)17-13(5-11-27-20)12-15(28-17)18(26)23-14-2-1-3-14/h4,8,12,14H,1-3,5-7,9-11H2,(H,23,26)(H2,21,22,24). The van der Waals surface area contributed by atoms with Gasteiger partial charge in [-0.05, 0) is 56.2 Å². The maximum atomic E-state index is 12.6. The number of rotatable bonds is 3. The number of ether oxygens (including phenoxy) is 1. The molecule has 3 N–H and O–H groups in total. The number of piperidine rings is 1. The highest BCUT2D eigenvalue weighted by Crippen LogP contribution is 2.46. The second-order valence-electron chi connectivity index (χ2n) is 7.92. The Morgan fingerprint density at radius 2 is 2.18 bits per heavy atom. The molecule has 28 heavy (non-hydrogen) atoms. The quantitative estimate of drug-likeness (QED) is 0.824. The molecule has 1 amide bonds. The number of amides is 1. The summed E-state index contributed by atoms with van der Waals surface area (Å²) < 4.78 is 6.34. The van der Waals surface area contributed by atoms with Crippen LogP contribution in [-0.2, 0) is 16.8 Å². The lowest BCUT2D eigenvalue weighted by Gasteiger charge is -2.44. The lowest BCUT2D eigenvalue weighted by atomic mass is 9.85. The van der Waals surface area contributed by atoms with E-state index in [-0.39, 0.29) is 11.5 Å². The van der Waals surface area contributed by atoms with Crippen molar-refractivity contribution in [2.24, 2.45) is 0 Å². The summed E-state index contributed by atoms with van der Waals surface area (Å²) in [6.45, 7) is 2.41. The van der Waals surface area contributed by atoms with Crippen molar-refractivity contribution in [2.75, 3.05) is 30.3 Å². The van der Waals surface area contributed by atoms with E-state index in [2.05, 4.69) is 26.3 Å². The van der Waals surface area contributed by atoms with E-state index in [0.29, 0.717) is 18.6 Å². The molecule has 7 nitrogen and oxygen atoms in total. The molecule has 5 rings (SSSR count). The van der Waals surface area contributed by atoms with Gasteiger partial charge in [0.2, 0.25) is 5.95 Å². The van der Waals surface area contributed by atoms with Crippen LogP contribution < -0.4 is 16.0 Å². The van der Waals surface area contributed by atoms with Crippen LogP contribution in [0.5, 0.6) is 0 Å². The maximum Gasteiger partial charge on any atom is 0.261 e. The van der Waals surface area contributed by atoms with Crippen LogP contribution in [0.15, 0.2) is 18.3 Å². The highest BCUT2D eigenvalue weighted by atomic mass is 32.1. The summed E-state index contributed by atoms with van der Waals surface area (Å²) in [5, 5.41) is 3.16. The molecule has 1 saturated heterocycles. The van der Waals surface area contributed by atoms with E-state index in [9.17, 15) is 4.79 Å². The molecule has 8 heteroatoms. The number of nitrogen functional groups attached to an aromatic ring is 1. The van der Waals surface area contributed by atoms with Crippen LogP contribution in [0, 0.1) is 0 Å². The van der Waals surface area contributed by atoms with E-state index in [1.54, 1.807) is 17.5 Å². The predicted octanol–water partition coefficient (Wildman–Crippen LogP) is 2.47. The van der Waals surface area contributed by atoms with Gasteiger partial charge in [0.1, 0.15) is 11.4 Å². The zero-order valence-corrected chi connectivity index (χ0v) is 16.6. The molecule has 148 valence electrons. The van der Waals surface area contributed by atoms with Crippen LogP contribution in [0.3, 0.4) is 0 Å². The third-order valence-electron chi connectivity index (χ3n) is 6.19. The van der Waals surface area contributed by atoms with E-state index in [4.69, 9.17) is 10.5 Å². The Hall–Kier alpha value is -2.19. The van der Waals surface area contributed by atoms with E-state index in [1.165, 1.54) is 16.9 Å². The molecule has 0 unspecified atom stereocenters. The molecule has 2 aliphatic heterocycles. The number of carbonyl (C=O) groups is 1. The predicted molar refractivity (Wildman–Crippen MR) is 109 cm³/mol. The van der Waals surface area contributed by atoms with E-state index in [0.717, 1.165) is 55.9 Å². The summed E-state index contributed by atoms with van der Waals surface area (Å²) in [7, 11) is 0. The SMILES string of the molecule is Nc1nccc(N2CCC3(CC2)OCCc2cc(C(=O)NC4CCC4)sc23)n1. The molecule has 1 aliphatic carbocycles. The summed E-state index contributed by atoms with van der Waals surface area (Å²) in [5.41, 5.74) is 6.75. The van der Waals surface area contributed by atoms with E-state index in [1.807, 2.05) is 6.07 Å². The molecule has 0 bridgehead atoms. The van der Waals surface area contributed by atoms with Gasteiger partial charge in [-0.1, -0.05) is 0 Å². The van der Waals surface area contributed by atoms with Crippen molar-refractivity contribution in [2.45, 2.75) is 50.2 Å². The second kappa shape index (κ2) is 7.00. The van der Waals surface area contributed by atoms with Crippen molar-refractivity contribution < 1.29 is 9.53 Å². The largest absolute Gasteiger partial charge is 0.369 e. The third-order valence-corrected chi connectivity index (χ3v) is 7.55. The first-order valence-corrected chi connectivity index (χ1v) is 10.9. The summed E-state index contributed by atoms with van der Waals surface area (Å²) in [6, 6.07) is 4.35. The Bertz CT molecular complexity index is 886. The number of fused-ring (bicyclic) bond motifs is 2. The fourth-order valence-corrected chi connectivity index (χ4v) is 5.67. The van der Waals surface area contributed by atoms with Gasteiger partial charge < -0.3 is 20.7 Å². The number of aromatic nitrogens is 2. The molecule has 2 aromatic heterocycles. The number of thiophene rings is 1. The van der Waals surface area contributed by atoms with Crippen LogP contribution in [-0.4, -0.2) is 41.6 Å². The van der Waals surface area contributed by atoms with Gasteiger partial charge in [-0.3, -0.25) is 4.79 Å². The first-order valence-electron chi connectivity index (χ1n) is 10.0. The molecular formula is C20H25N5O2S. The van der Waals surface area contributed by atoms with Gasteiger partial charge in [-0.2, -0.15) is 4.98 Å². The molecule has 4 heterocycles. The molecule has 3 aliphatic rings. The molecule has 0 aromatic carbocycles. The summed E-state index contributed by atoms with van der Waals surface area (Å²) in [6.07, 6.45) is 7.78. The van der Waals surface area contributed by atoms with Crippen LogP contribution in [0.25, 0.3) is 0 Å². The Labute approximate surface area is 168 Å². The highest BCUT2D eigenvalue weighted by molar-refractivity contribution is 7.14. The summed E-state index contributed by atoms with van der Waals surface area (Å²) in [4.78, 5) is 25.3. The van der Waals surface area contributed by atoms with Crippen molar-refractivity contribution in [1.82, 2.24) is 15.3 Å². The number of nitrogens with two attached hydrogens (primary N) is 1. The smallest absolute Gasteiger partial charge is 0.261 e. The minimum Gasteiger partial charge on any atom is -0.369 e. The Balaban J connectivity index is 1.34. The molecule has 2 aromatic rings.